The molecule has 0 radical (unpaired) electrons. The van der Waals surface area contributed by atoms with Crippen molar-refractivity contribution in [1.82, 2.24) is 19.9 Å². The third-order valence-corrected chi connectivity index (χ3v) is 6.06. The summed E-state index contributed by atoms with van der Waals surface area (Å²) >= 11 is 0. The van der Waals surface area contributed by atoms with Gasteiger partial charge in [0.15, 0.2) is 5.82 Å². The molecule has 1 unspecified atom stereocenters. The number of likely N-dealkylation sites (N-methyl/N-ethyl adjacent to an activating group) is 1. The number of rotatable bonds is 2. The zero-order valence-corrected chi connectivity index (χ0v) is 14.4. The number of aryl methyl sites for hydroxylation is 1. The van der Waals surface area contributed by atoms with Crippen molar-refractivity contribution in [2.45, 2.75) is 40.7 Å². The van der Waals surface area contributed by atoms with E-state index >= 15 is 0 Å². The predicted octanol–water partition coefficient (Wildman–Crippen LogP) is 1.88. The van der Waals surface area contributed by atoms with E-state index in [0.717, 1.165) is 13.1 Å². The number of aromatic nitrogens is 2. The molecule has 1 atom stereocenters. The maximum atomic E-state index is 12.9. The van der Waals surface area contributed by atoms with E-state index in [4.69, 9.17) is 4.52 Å². The Labute approximate surface area is 131 Å². The summed E-state index contributed by atoms with van der Waals surface area (Å²) in [6, 6.07) is -0.0103. The van der Waals surface area contributed by atoms with Gasteiger partial charge in [0.25, 0.3) is 0 Å². The van der Waals surface area contributed by atoms with Crippen LogP contribution in [0.25, 0.3) is 0 Å². The number of piperazine rings is 1. The SMILES string of the molecule is Cc1noc(C2CN(C(=O)C3C(C)(C)C3(C)C)CCN2C)n1. The Balaban J connectivity index is 1.75. The Morgan fingerprint density at radius 1 is 1.23 bits per heavy atom. The highest BCUT2D eigenvalue weighted by Crippen LogP contribution is 2.68. The molecule has 0 aromatic carbocycles. The van der Waals surface area contributed by atoms with E-state index in [9.17, 15) is 4.79 Å². The second-order valence-corrected chi connectivity index (χ2v) is 7.84. The van der Waals surface area contributed by atoms with Gasteiger partial charge in [0, 0.05) is 25.6 Å². The van der Waals surface area contributed by atoms with Crippen LogP contribution in [0.5, 0.6) is 0 Å². The molecule has 122 valence electrons. The first-order chi connectivity index (χ1) is 10.2. The molecule has 0 bridgehead atoms. The Bertz CT molecular complexity index is 579. The van der Waals surface area contributed by atoms with Gasteiger partial charge in [0.2, 0.25) is 11.8 Å². The number of hydrogen-bond acceptors (Lipinski definition) is 5. The molecular formula is C16H26N4O2. The zero-order chi connectivity index (χ0) is 16.3. The average Bonchev–Trinajstić information content (AvgIpc) is 2.75. The minimum atomic E-state index is -0.0103. The van der Waals surface area contributed by atoms with Gasteiger partial charge in [-0.25, -0.2) is 0 Å². The van der Waals surface area contributed by atoms with Crippen LogP contribution >= 0.6 is 0 Å². The lowest BCUT2D eigenvalue weighted by Gasteiger charge is -2.38. The molecule has 1 aliphatic heterocycles. The summed E-state index contributed by atoms with van der Waals surface area (Å²) in [4.78, 5) is 21.4. The molecule has 1 aromatic heterocycles. The highest BCUT2D eigenvalue weighted by atomic mass is 16.5. The van der Waals surface area contributed by atoms with Crippen LogP contribution in [0.15, 0.2) is 4.52 Å². The Kier molecular flexibility index (Phi) is 3.36. The number of carbonyl (C=O) groups excluding carboxylic acids is 1. The fraction of sp³-hybridized carbons (Fsp3) is 0.812. The molecule has 2 heterocycles. The molecule has 0 spiro atoms. The first-order valence-corrected chi connectivity index (χ1v) is 7.95. The van der Waals surface area contributed by atoms with Gasteiger partial charge in [-0.05, 0) is 24.8 Å². The van der Waals surface area contributed by atoms with Crippen molar-refractivity contribution in [2.75, 3.05) is 26.7 Å². The summed E-state index contributed by atoms with van der Waals surface area (Å²) in [6.07, 6.45) is 0. The number of nitrogens with zero attached hydrogens (tertiary/aromatic N) is 4. The van der Waals surface area contributed by atoms with E-state index in [1.165, 1.54) is 0 Å². The molecule has 3 rings (SSSR count). The summed E-state index contributed by atoms with van der Waals surface area (Å²) in [5.41, 5.74) is 0.147. The molecule has 6 heteroatoms. The molecular weight excluding hydrogens is 280 g/mol. The minimum absolute atomic E-state index is 0.0103. The topological polar surface area (TPSA) is 62.5 Å². The van der Waals surface area contributed by atoms with Gasteiger partial charge >= 0.3 is 0 Å². The predicted molar refractivity (Wildman–Crippen MR) is 82.0 cm³/mol. The third kappa shape index (κ3) is 2.16. The number of carbonyl (C=O) groups is 1. The van der Waals surface area contributed by atoms with Crippen molar-refractivity contribution in [1.29, 1.82) is 0 Å². The lowest BCUT2D eigenvalue weighted by molar-refractivity contribution is -0.137. The lowest BCUT2D eigenvalue weighted by Crippen LogP contribution is -2.50. The summed E-state index contributed by atoms with van der Waals surface area (Å²) in [5, 5.41) is 3.87. The van der Waals surface area contributed by atoms with E-state index in [1.54, 1.807) is 0 Å². The molecule has 0 N–H and O–H groups in total. The third-order valence-electron chi connectivity index (χ3n) is 6.06. The van der Waals surface area contributed by atoms with Crippen LogP contribution < -0.4 is 0 Å². The van der Waals surface area contributed by atoms with Gasteiger partial charge in [-0.1, -0.05) is 32.9 Å². The van der Waals surface area contributed by atoms with Crippen molar-refractivity contribution in [3.8, 4) is 0 Å². The Hall–Kier alpha value is -1.43. The molecule has 1 amide bonds. The normalized spacial score (nSPS) is 27.9. The smallest absolute Gasteiger partial charge is 0.245 e. The standard InChI is InChI=1S/C16H26N4O2/c1-10-17-13(22-18-10)11-9-20(8-7-19(11)6)14(21)12-15(2,3)16(12,4)5/h11-12H,7-9H2,1-6H3. The van der Waals surface area contributed by atoms with Crippen LogP contribution in [0.4, 0.5) is 0 Å². The Morgan fingerprint density at radius 3 is 2.36 bits per heavy atom. The quantitative estimate of drug-likeness (QED) is 0.835. The van der Waals surface area contributed by atoms with Crippen LogP contribution in [0.2, 0.25) is 0 Å². The van der Waals surface area contributed by atoms with E-state index in [1.807, 2.05) is 18.9 Å². The van der Waals surface area contributed by atoms with Crippen LogP contribution in [0.3, 0.4) is 0 Å². The molecule has 1 saturated heterocycles. The fourth-order valence-corrected chi connectivity index (χ4v) is 3.79. The zero-order valence-electron chi connectivity index (χ0n) is 14.4. The highest BCUT2D eigenvalue weighted by molar-refractivity contribution is 5.84. The van der Waals surface area contributed by atoms with E-state index in [0.29, 0.717) is 18.3 Å². The molecule has 2 aliphatic rings. The van der Waals surface area contributed by atoms with Crippen LogP contribution in [0.1, 0.15) is 45.5 Å². The molecule has 1 saturated carbocycles. The van der Waals surface area contributed by atoms with Crippen molar-refractivity contribution in [3.05, 3.63) is 11.7 Å². The monoisotopic (exact) mass is 306 g/mol. The van der Waals surface area contributed by atoms with Gasteiger partial charge in [-0.2, -0.15) is 4.98 Å². The number of hydrogen-bond donors (Lipinski definition) is 0. The highest BCUT2D eigenvalue weighted by Gasteiger charge is 2.69. The fourth-order valence-electron chi connectivity index (χ4n) is 3.79. The van der Waals surface area contributed by atoms with E-state index in [2.05, 4.69) is 42.7 Å². The van der Waals surface area contributed by atoms with Crippen LogP contribution in [-0.4, -0.2) is 52.5 Å². The van der Waals surface area contributed by atoms with Gasteiger partial charge in [0.05, 0.1) is 0 Å². The first-order valence-electron chi connectivity index (χ1n) is 7.95. The van der Waals surface area contributed by atoms with Gasteiger partial charge in [-0.3, -0.25) is 9.69 Å². The van der Waals surface area contributed by atoms with Gasteiger partial charge in [0.1, 0.15) is 6.04 Å². The molecule has 6 nitrogen and oxygen atoms in total. The number of amides is 1. The van der Waals surface area contributed by atoms with Crippen LogP contribution in [-0.2, 0) is 4.79 Å². The van der Waals surface area contributed by atoms with Crippen molar-refractivity contribution in [2.24, 2.45) is 16.7 Å². The summed E-state index contributed by atoms with van der Waals surface area (Å²) < 4.78 is 5.32. The second-order valence-electron chi connectivity index (χ2n) is 7.84. The summed E-state index contributed by atoms with van der Waals surface area (Å²) in [5.74, 6) is 1.61. The second kappa shape index (κ2) is 4.78. The molecule has 2 fully saturated rings. The maximum absolute atomic E-state index is 12.9. The molecule has 1 aromatic rings. The molecule has 22 heavy (non-hydrogen) atoms. The summed E-state index contributed by atoms with van der Waals surface area (Å²) in [7, 11) is 2.04. The first kappa shape index (κ1) is 15.5. The van der Waals surface area contributed by atoms with Gasteiger partial charge in [-0.15, -0.1) is 0 Å². The average molecular weight is 306 g/mol. The Morgan fingerprint density at radius 2 is 1.86 bits per heavy atom. The van der Waals surface area contributed by atoms with Crippen molar-refractivity contribution >= 4 is 5.91 Å². The van der Waals surface area contributed by atoms with Crippen molar-refractivity contribution < 1.29 is 9.32 Å². The van der Waals surface area contributed by atoms with E-state index in [-0.39, 0.29) is 28.7 Å². The minimum Gasteiger partial charge on any atom is -0.339 e. The largest absolute Gasteiger partial charge is 0.339 e. The molecule has 1 aliphatic carbocycles. The van der Waals surface area contributed by atoms with Crippen LogP contribution in [0, 0.1) is 23.7 Å². The van der Waals surface area contributed by atoms with Gasteiger partial charge < -0.3 is 9.42 Å². The lowest BCUT2D eigenvalue weighted by atomic mass is 10.0. The summed E-state index contributed by atoms with van der Waals surface area (Å²) in [6.45, 7) is 12.8. The van der Waals surface area contributed by atoms with E-state index < -0.39 is 0 Å². The maximum Gasteiger partial charge on any atom is 0.245 e. The van der Waals surface area contributed by atoms with Crippen molar-refractivity contribution in [3.63, 3.8) is 0 Å².